The van der Waals surface area contributed by atoms with Crippen molar-refractivity contribution in [1.82, 2.24) is 0 Å². The summed E-state index contributed by atoms with van der Waals surface area (Å²) >= 11 is -2.28. The molecule has 0 aliphatic heterocycles. The van der Waals surface area contributed by atoms with Crippen LogP contribution < -0.4 is 0 Å². The van der Waals surface area contributed by atoms with Crippen LogP contribution in [-0.4, -0.2) is 21.5 Å². The summed E-state index contributed by atoms with van der Waals surface area (Å²) in [6.07, 6.45) is 0. The van der Waals surface area contributed by atoms with Crippen LogP contribution >= 0.6 is 0 Å². The summed E-state index contributed by atoms with van der Waals surface area (Å²) < 4.78 is 34.1. The maximum atomic E-state index is 11.4. The van der Waals surface area contributed by atoms with Crippen molar-refractivity contribution < 1.29 is 12.3 Å². The first-order valence-electron chi connectivity index (χ1n) is 1.68. The molecule has 0 heterocycles. The van der Waals surface area contributed by atoms with Crippen molar-refractivity contribution in [2.45, 2.75) is 11.4 Å². The van der Waals surface area contributed by atoms with Crippen molar-refractivity contribution in [2.24, 2.45) is 0 Å². The fourth-order valence-corrected chi connectivity index (χ4v) is 0. The van der Waals surface area contributed by atoms with E-state index < -0.39 is 21.5 Å². The first kappa shape index (κ1) is 7.57. The van der Waals surface area contributed by atoms with Gasteiger partial charge in [0.2, 0.25) is 0 Å². The summed E-state index contributed by atoms with van der Waals surface area (Å²) in [7, 11) is -5.09. The molecule has 0 aromatic carbocycles. The molecule has 0 radical (unpaired) electrons. The van der Waals surface area contributed by atoms with E-state index in [0.717, 1.165) is 0 Å². The van der Waals surface area contributed by atoms with E-state index in [0.29, 0.717) is 0 Å². The number of rotatable bonds is 1. The summed E-state index contributed by atoms with van der Waals surface area (Å²) in [6, 6.07) is 0. The van der Waals surface area contributed by atoms with E-state index in [9.17, 15) is 12.3 Å². The average Bonchev–Trinajstić information content (AvgIpc) is 1.31. The molecule has 0 amide bonds. The van der Waals surface area contributed by atoms with Gasteiger partial charge in [0.15, 0.2) is 0 Å². The van der Waals surface area contributed by atoms with Crippen molar-refractivity contribution in [3.63, 3.8) is 0 Å². The Bertz CT molecular complexity index is 58.4. The number of halogens is 3. The van der Waals surface area contributed by atoms with E-state index in [1.54, 1.807) is 0 Å². The first-order valence-corrected chi connectivity index (χ1v) is 9.83. The maximum absolute atomic E-state index is 11.4. The van der Waals surface area contributed by atoms with Crippen LogP contribution in [0.15, 0.2) is 0 Å². The van der Waals surface area contributed by atoms with Crippen molar-refractivity contribution in [2.75, 3.05) is 0 Å². The fourth-order valence-electron chi connectivity index (χ4n) is 0. The Morgan fingerprint density at radius 2 is 1.29 bits per heavy atom. The van der Waals surface area contributed by atoms with Crippen LogP contribution in [0.2, 0.25) is 11.4 Å². The van der Waals surface area contributed by atoms with Crippen molar-refractivity contribution >= 4 is 21.5 Å². The third kappa shape index (κ3) is 3.17. The van der Waals surface area contributed by atoms with Crippen LogP contribution in [0.3, 0.4) is 0 Å². The Morgan fingerprint density at radius 3 is 1.29 bits per heavy atom. The van der Waals surface area contributed by atoms with Gasteiger partial charge in [0, 0.05) is 0 Å². The average molecular weight is 190 g/mol. The molecule has 0 spiro atoms. The molecule has 0 nitrogen and oxygen atoms in total. The predicted octanol–water partition coefficient (Wildman–Crippen LogP) is 1.67. The Balaban J connectivity index is 3.54. The zero-order valence-corrected chi connectivity index (χ0v) is 6.96. The van der Waals surface area contributed by atoms with Gasteiger partial charge < -0.3 is 0 Å². The molecule has 0 aliphatic carbocycles. The van der Waals surface area contributed by atoms with E-state index in [1.165, 1.54) is 11.4 Å². The molecule has 0 rings (SSSR count). The standard InChI is InChI=1S/C2H6AsF3Si/c1-3(2)7(4,5)6/h1-2H3. The Morgan fingerprint density at radius 1 is 1.14 bits per heavy atom. The second-order valence-corrected chi connectivity index (χ2v) is 13.9. The van der Waals surface area contributed by atoms with E-state index in [2.05, 4.69) is 0 Å². The van der Waals surface area contributed by atoms with Crippen molar-refractivity contribution in [1.29, 1.82) is 0 Å². The molecule has 0 aromatic heterocycles. The second kappa shape index (κ2) is 2.22. The third-order valence-electron chi connectivity index (χ3n) is 0.507. The molecule has 0 aliphatic rings. The molecular weight excluding hydrogens is 184 g/mol. The van der Waals surface area contributed by atoms with Crippen LogP contribution in [0.1, 0.15) is 0 Å². The van der Waals surface area contributed by atoms with Gasteiger partial charge in [-0.25, -0.2) is 0 Å². The van der Waals surface area contributed by atoms with Gasteiger partial charge in [-0.05, 0) is 0 Å². The quantitative estimate of drug-likeness (QED) is 0.435. The van der Waals surface area contributed by atoms with Crippen LogP contribution in [0, 0.1) is 0 Å². The van der Waals surface area contributed by atoms with Crippen LogP contribution in [0.25, 0.3) is 0 Å². The molecule has 5 heteroatoms. The summed E-state index contributed by atoms with van der Waals surface area (Å²) in [6.45, 7) is 0. The Hall–Kier alpha value is 0.565. The fraction of sp³-hybridized carbons (Fsp3) is 1.00. The summed E-state index contributed by atoms with van der Waals surface area (Å²) in [5.74, 6) is 0. The molecule has 0 fully saturated rings. The second-order valence-electron chi connectivity index (χ2n) is 1.36. The van der Waals surface area contributed by atoms with Gasteiger partial charge in [-0.2, -0.15) is 0 Å². The molecule has 0 unspecified atom stereocenters. The SMILES string of the molecule is C[As](C)[Si](F)(F)F. The molecule has 0 bridgehead atoms. The van der Waals surface area contributed by atoms with Gasteiger partial charge in [-0.15, -0.1) is 0 Å². The summed E-state index contributed by atoms with van der Waals surface area (Å²) in [5, 5.41) is 0. The number of hydrogen-bond acceptors (Lipinski definition) is 0. The van der Waals surface area contributed by atoms with Crippen LogP contribution in [0.4, 0.5) is 12.3 Å². The number of hydrogen-bond donors (Lipinski definition) is 0. The van der Waals surface area contributed by atoms with Gasteiger partial charge in [0.1, 0.15) is 0 Å². The van der Waals surface area contributed by atoms with E-state index in [-0.39, 0.29) is 0 Å². The molecule has 0 aromatic rings. The predicted molar refractivity (Wildman–Crippen MR) is 26.6 cm³/mol. The van der Waals surface area contributed by atoms with Gasteiger partial charge in [0.05, 0.1) is 0 Å². The van der Waals surface area contributed by atoms with Crippen LogP contribution in [0.5, 0.6) is 0 Å². The minimum absolute atomic E-state index is 1.33. The van der Waals surface area contributed by atoms with E-state index in [4.69, 9.17) is 0 Å². The Labute approximate surface area is 45.9 Å². The molecule has 0 saturated heterocycles. The molecule has 0 N–H and O–H groups in total. The van der Waals surface area contributed by atoms with Crippen LogP contribution in [-0.2, 0) is 0 Å². The van der Waals surface area contributed by atoms with Gasteiger partial charge in [0.25, 0.3) is 0 Å². The Kier molecular flexibility index (Phi) is 2.40. The summed E-state index contributed by atoms with van der Waals surface area (Å²) in [4.78, 5) is 0. The third-order valence-corrected chi connectivity index (χ3v) is 7.90. The zero-order chi connectivity index (χ0) is 6.08. The van der Waals surface area contributed by atoms with E-state index in [1.807, 2.05) is 0 Å². The summed E-state index contributed by atoms with van der Waals surface area (Å²) in [5.41, 5.74) is 2.67. The first-order chi connectivity index (χ1) is 2.94. The van der Waals surface area contributed by atoms with Crippen molar-refractivity contribution in [3.05, 3.63) is 0 Å². The van der Waals surface area contributed by atoms with Crippen molar-refractivity contribution in [3.8, 4) is 0 Å². The normalized spacial score (nSPS) is 12.9. The molecule has 44 valence electrons. The monoisotopic (exact) mass is 190 g/mol. The zero-order valence-electron chi connectivity index (χ0n) is 4.08. The minimum atomic E-state index is -5.09. The van der Waals surface area contributed by atoms with E-state index >= 15 is 0 Å². The van der Waals surface area contributed by atoms with Gasteiger partial charge in [-0.3, -0.25) is 0 Å². The molecular formula is C2H6AsF3Si. The van der Waals surface area contributed by atoms with Gasteiger partial charge >= 0.3 is 45.3 Å². The molecule has 7 heavy (non-hydrogen) atoms. The molecule has 0 saturated carbocycles. The van der Waals surface area contributed by atoms with Gasteiger partial charge in [-0.1, -0.05) is 0 Å². The molecule has 0 atom stereocenters. The topological polar surface area (TPSA) is 0 Å².